The number of aliphatic hydroxyl groups excluding tert-OH is 1. The van der Waals surface area contributed by atoms with Gasteiger partial charge in [0.2, 0.25) is 0 Å². The molecular formula is C16H19Cl2NO2. The molecule has 114 valence electrons. The van der Waals surface area contributed by atoms with Gasteiger partial charge in [-0.1, -0.05) is 36.0 Å². The third-order valence-corrected chi connectivity index (χ3v) is 4.62. The molecule has 1 aliphatic heterocycles. The average Bonchev–Trinajstić information content (AvgIpc) is 2.46. The molecule has 1 aliphatic carbocycles. The third-order valence-electron chi connectivity index (χ3n) is 4.12. The summed E-state index contributed by atoms with van der Waals surface area (Å²) in [4.78, 5) is 0. The van der Waals surface area contributed by atoms with Gasteiger partial charge in [0.05, 0.1) is 11.1 Å². The van der Waals surface area contributed by atoms with E-state index in [1.807, 2.05) is 6.07 Å². The maximum atomic E-state index is 9.98. The van der Waals surface area contributed by atoms with Gasteiger partial charge in [-0.2, -0.15) is 0 Å². The second kappa shape index (κ2) is 6.57. The summed E-state index contributed by atoms with van der Waals surface area (Å²) in [5.74, 6) is 0.697. The highest BCUT2D eigenvalue weighted by atomic mass is 35.5. The summed E-state index contributed by atoms with van der Waals surface area (Å²) in [6.45, 7) is 1.23. The fourth-order valence-corrected chi connectivity index (χ4v) is 3.54. The monoisotopic (exact) mass is 327 g/mol. The van der Waals surface area contributed by atoms with Gasteiger partial charge in [-0.15, -0.1) is 0 Å². The first-order valence-electron chi connectivity index (χ1n) is 7.36. The topological polar surface area (TPSA) is 41.5 Å². The molecule has 2 atom stereocenters. The average molecular weight is 328 g/mol. The maximum absolute atomic E-state index is 9.98. The van der Waals surface area contributed by atoms with Crippen molar-refractivity contribution in [3.05, 3.63) is 33.3 Å². The number of nitrogens with one attached hydrogen (secondary N) is 1. The van der Waals surface area contributed by atoms with Crippen LogP contribution in [0.5, 0.6) is 5.75 Å². The highest BCUT2D eigenvalue weighted by Gasteiger charge is 2.23. The molecule has 1 saturated carbocycles. The minimum Gasteiger partial charge on any atom is -0.487 e. The summed E-state index contributed by atoms with van der Waals surface area (Å²) in [5.41, 5.74) is 2.05. The standard InChI is InChI=1S/C16H19Cl2NO2/c17-12-6-11-5-10(9-21-16(11)13(18)7-12)8-19-14-3-1-2-4-15(14)20/h5-7,14-15,19-20H,1-4,8-9H2. The van der Waals surface area contributed by atoms with Gasteiger partial charge in [-0.3, -0.25) is 0 Å². The van der Waals surface area contributed by atoms with Gasteiger partial charge < -0.3 is 15.2 Å². The zero-order valence-electron chi connectivity index (χ0n) is 11.7. The molecule has 1 aromatic rings. The lowest BCUT2D eigenvalue weighted by atomic mass is 9.92. The van der Waals surface area contributed by atoms with E-state index in [0.29, 0.717) is 28.9 Å². The molecule has 1 heterocycles. The lowest BCUT2D eigenvalue weighted by Crippen LogP contribution is -2.43. The van der Waals surface area contributed by atoms with Crippen LogP contribution in [0.25, 0.3) is 6.08 Å². The van der Waals surface area contributed by atoms with Crippen molar-refractivity contribution < 1.29 is 9.84 Å². The lowest BCUT2D eigenvalue weighted by Gasteiger charge is -2.29. The molecule has 2 unspecified atom stereocenters. The second-order valence-electron chi connectivity index (χ2n) is 5.74. The van der Waals surface area contributed by atoms with E-state index in [-0.39, 0.29) is 12.1 Å². The molecule has 21 heavy (non-hydrogen) atoms. The summed E-state index contributed by atoms with van der Waals surface area (Å²) in [5, 5.41) is 14.6. The molecule has 1 fully saturated rings. The van der Waals surface area contributed by atoms with Crippen LogP contribution in [-0.2, 0) is 0 Å². The maximum Gasteiger partial charge on any atom is 0.145 e. The summed E-state index contributed by atoms with van der Waals surface area (Å²) in [7, 11) is 0. The number of fused-ring (bicyclic) bond motifs is 1. The Bertz CT molecular complexity index is 559. The summed E-state index contributed by atoms with van der Waals surface area (Å²) in [6, 6.07) is 3.73. The summed E-state index contributed by atoms with van der Waals surface area (Å²) in [6.07, 6.45) is 6.05. The molecular weight excluding hydrogens is 309 g/mol. The Morgan fingerprint density at radius 3 is 2.86 bits per heavy atom. The minimum atomic E-state index is -0.236. The molecule has 0 amide bonds. The SMILES string of the molecule is OC1CCCCC1NCC1=Cc2cc(Cl)cc(Cl)c2OC1. The molecule has 0 aromatic heterocycles. The first-order chi connectivity index (χ1) is 10.1. The third kappa shape index (κ3) is 3.54. The van der Waals surface area contributed by atoms with Crippen LogP contribution in [0.2, 0.25) is 10.0 Å². The van der Waals surface area contributed by atoms with Gasteiger partial charge in [0.15, 0.2) is 0 Å². The molecule has 2 N–H and O–H groups in total. The Morgan fingerprint density at radius 1 is 1.24 bits per heavy atom. The number of halogens is 2. The van der Waals surface area contributed by atoms with Crippen LogP contribution in [0, 0.1) is 0 Å². The fraction of sp³-hybridized carbons (Fsp3) is 0.500. The van der Waals surface area contributed by atoms with Crippen LogP contribution >= 0.6 is 23.2 Å². The Hall–Kier alpha value is -0.740. The van der Waals surface area contributed by atoms with Gasteiger partial charge in [0.1, 0.15) is 12.4 Å². The van der Waals surface area contributed by atoms with Crippen molar-refractivity contribution in [3.63, 3.8) is 0 Å². The number of rotatable bonds is 3. The van der Waals surface area contributed by atoms with E-state index in [1.165, 1.54) is 6.42 Å². The summed E-state index contributed by atoms with van der Waals surface area (Å²) >= 11 is 12.2. The molecule has 3 rings (SSSR count). The van der Waals surface area contributed by atoms with Crippen molar-refractivity contribution in [2.45, 2.75) is 37.8 Å². The van der Waals surface area contributed by atoms with Crippen molar-refractivity contribution in [3.8, 4) is 5.75 Å². The van der Waals surface area contributed by atoms with E-state index < -0.39 is 0 Å². The normalized spacial score (nSPS) is 25.0. The van der Waals surface area contributed by atoms with Crippen molar-refractivity contribution in [1.82, 2.24) is 5.32 Å². The molecule has 0 saturated heterocycles. The van der Waals surface area contributed by atoms with Crippen molar-refractivity contribution in [2.24, 2.45) is 0 Å². The molecule has 0 bridgehead atoms. The van der Waals surface area contributed by atoms with Crippen LogP contribution in [0.3, 0.4) is 0 Å². The van der Waals surface area contributed by atoms with Crippen LogP contribution in [0.1, 0.15) is 31.2 Å². The number of hydrogen-bond donors (Lipinski definition) is 2. The smallest absolute Gasteiger partial charge is 0.145 e. The van der Waals surface area contributed by atoms with E-state index in [9.17, 15) is 5.11 Å². The van der Waals surface area contributed by atoms with E-state index in [1.54, 1.807) is 6.07 Å². The van der Waals surface area contributed by atoms with Crippen molar-refractivity contribution in [2.75, 3.05) is 13.2 Å². The number of aliphatic hydroxyl groups is 1. The van der Waals surface area contributed by atoms with E-state index in [4.69, 9.17) is 27.9 Å². The van der Waals surface area contributed by atoms with Gasteiger partial charge >= 0.3 is 0 Å². The largest absolute Gasteiger partial charge is 0.487 e. The van der Waals surface area contributed by atoms with Crippen LogP contribution < -0.4 is 10.1 Å². The zero-order chi connectivity index (χ0) is 14.8. The molecule has 0 radical (unpaired) electrons. The predicted octanol–water partition coefficient (Wildman–Crippen LogP) is 3.66. The molecule has 1 aromatic carbocycles. The summed E-state index contributed by atoms with van der Waals surface area (Å²) < 4.78 is 5.73. The highest BCUT2D eigenvalue weighted by molar-refractivity contribution is 6.36. The Labute approximate surface area is 134 Å². The second-order valence-corrected chi connectivity index (χ2v) is 6.58. The predicted molar refractivity (Wildman–Crippen MR) is 86.2 cm³/mol. The van der Waals surface area contributed by atoms with Crippen molar-refractivity contribution >= 4 is 29.3 Å². The number of ether oxygens (including phenoxy) is 1. The fourth-order valence-electron chi connectivity index (χ4n) is 2.98. The van der Waals surface area contributed by atoms with Gasteiger partial charge in [0, 0.05) is 23.2 Å². The lowest BCUT2D eigenvalue weighted by molar-refractivity contribution is 0.0922. The Kier molecular flexibility index (Phi) is 4.75. The molecule has 3 nitrogen and oxygen atoms in total. The van der Waals surface area contributed by atoms with Crippen molar-refractivity contribution in [1.29, 1.82) is 0 Å². The van der Waals surface area contributed by atoms with E-state index in [0.717, 1.165) is 30.4 Å². The van der Waals surface area contributed by atoms with Crippen LogP contribution in [0.15, 0.2) is 17.7 Å². The molecule has 2 aliphatic rings. The number of benzene rings is 1. The molecule has 5 heteroatoms. The number of hydrogen-bond acceptors (Lipinski definition) is 3. The zero-order valence-corrected chi connectivity index (χ0v) is 13.3. The van der Waals surface area contributed by atoms with Gasteiger partial charge in [-0.25, -0.2) is 0 Å². The van der Waals surface area contributed by atoms with Gasteiger partial charge in [0.25, 0.3) is 0 Å². The first kappa shape index (κ1) is 15.2. The first-order valence-corrected chi connectivity index (χ1v) is 8.12. The quantitative estimate of drug-likeness (QED) is 0.890. The van der Waals surface area contributed by atoms with Gasteiger partial charge in [-0.05, 0) is 36.6 Å². The minimum absolute atomic E-state index is 0.184. The Balaban J connectivity index is 1.68. The highest BCUT2D eigenvalue weighted by Crippen LogP contribution is 2.36. The van der Waals surface area contributed by atoms with Crippen LogP contribution in [0.4, 0.5) is 0 Å². The van der Waals surface area contributed by atoms with E-state index >= 15 is 0 Å². The molecule has 0 spiro atoms. The Morgan fingerprint density at radius 2 is 2.05 bits per heavy atom. The van der Waals surface area contributed by atoms with Crippen LogP contribution in [-0.4, -0.2) is 30.4 Å². The van der Waals surface area contributed by atoms with E-state index in [2.05, 4.69) is 11.4 Å².